The summed E-state index contributed by atoms with van der Waals surface area (Å²) in [4.78, 5) is 49.8. The molecule has 290 valence electrons. The smallest absolute Gasteiger partial charge is 0.309 e. The van der Waals surface area contributed by atoms with E-state index in [-0.39, 0.29) is 24.8 Å². The van der Waals surface area contributed by atoms with E-state index in [4.69, 9.17) is 20.9 Å². The van der Waals surface area contributed by atoms with Gasteiger partial charge in [-0.2, -0.15) is 19.9 Å². The zero-order valence-electron chi connectivity index (χ0n) is 31.1. The lowest BCUT2D eigenvalue weighted by molar-refractivity contribution is -0.140. The average Bonchev–Trinajstić information content (AvgIpc) is 3.67. The van der Waals surface area contributed by atoms with E-state index in [1.54, 1.807) is 0 Å². The van der Waals surface area contributed by atoms with Crippen molar-refractivity contribution in [3.05, 3.63) is 74.7 Å². The molecule has 0 bridgehead atoms. The number of nitrogen functional groups attached to an aromatic ring is 2. The fraction of sp³-hybridized carbons (Fsp3) is 0.351. The summed E-state index contributed by atoms with van der Waals surface area (Å²) in [5.74, 6) is 1.04. The van der Waals surface area contributed by atoms with Gasteiger partial charge in [0.2, 0.25) is 11.9 Å². The van der Waals surface area contributed by atoms with Crippen LogP contribution in [0, 0.1) is 0 Å². The summed E-state index contributed by atoms with van der Waals surface area (Å²) in [5, 5.41) is 6.40. The highest BCUT2D eigenvalue weighted by Crippen LogP contribution is 2.28. The fourth-order valence-corrected chi connectivity index (χ4v) is 6.55. The van der Waals surface area contributed by atoms with Crippen molar-refractivity contribution in [3.63, 3.8) is 0 Å². The zero-order chi connectivity index (χ0) is 39.5. The Kier molecular flexibility index (Phi) is 14.3. The highest BCUT2D eigenvalue weighted by molar-refractivity contribution is 9.10. The number of aromatic nitrogens is 8. The SMILES string of the molecule is CCCCNc1nc(N)c2nc(Br)n(-c3cccc(CC(=O)OC)c3)c2n1.CCCCNc1nc(N)c2nc(Br)n(Cc3cccc(CC(=O)OC)c3)c2n1. The van der Waals surface area contributed by atoms with Gasteiger partial charge in [-0.25, -0.2) is 9.97 Å². The van der Waals surface area contributed by atoms with Crippen LogP contribution in [0.25, 0.3) is 28.0 Å². The molecule has 0 aliphatic heterocycles. The number of carbonyl (C=O) groups is 2. The Morgan fingerprint density at radius 1 is 0.691 bits per heavy atom. The Morgan fingerprint density at radius 2 is 1.20 bits per heavy atom. The minimum Gasteiger partial charge on any atom is -0.469 e. The van der Waals surface area contributed by atoms with E-state index in [0.717, 1.165) is 61.2 Å². The summed E-state index contributed by atoms with van der Waals surface area (Å²) in [6, 6.07) is 15.3. The number of methoxy groups -OCH3 is 2. The minimum atomic E-state index is -0.296. The number of nitrogens with zero attached hydrogens (tertiary/aromatic N) is 8. The number of halogens is 2. The van der Waals surface area contributed by atoms with E-state index in [0.29, 0.717) is 61.9 Å². The molecule has 0 fully saturated rings. The van der Waals surface area contributed by atoms with Gasteiger partial charge in [-0.05, 0) is 73.5 Å². The highest BCUT2D eigenvalue weighted by atomic mass is 79.9. The predicted octanol–water partition coefficient (Wildman–Crippen LogP) is 6.23. The van der Waals surface area contributed by atoms with E-state index in [2.05, 4.69) is 86.2 Å². The Labute approximate surface area is 335 Å². The molecule has 0 saturated heterocycles. The van der Waals surface area contributed by atoms with Crippen molar-refractivity contribution in [2.45, 2.75) is 58.9 Å². The van der Waals surface area contributed by atoms with Crippen molar-refractivity contribution in [1.29, 1.82) is 0 Å². The van der Waals surface area contributed by atoms with Crippen LogP contribution >= 0.6 is 31.9 Å². The summed E-state index contributed by atoms with van der Waals surface area (Å²) >= 11 is 6.97. The maximum atomic E-state index is 11.6. The summed E-state index contributed by atoms with van der Waals surface area (Å²) in [7, 11) is 2.76. The number of imidazole rings is 2. The number of nitrogens with one attached hydrogen (secondary N) is 2. The van der Waals surface area contributed by atoms with Gasteiger partial charge in [-0.15, -0.1) is 0 Å². The van der Waals surface area contributed by atoms with Crippen LogP contribution in [-0.4, -0.2) is 78.3 Å². The zero-order valence-corrected chi connectivity index (χ0v) is 34.3. The molecule has 6 rings (SSSR count). The molecule has 18 heteroatoms. The molecule has 0 radical (unpaired) electrons. The van der Waals surface area contributed by atoms with Crippen molar-refractivity contribution in [3.8, 4) is 5.69 Å². The van der Waals surface area contributed by atoms with Crippen molar-refractivity contribution < 1.29 is 19.1 Å². The monoisotopic (exact) mass is 878 g/mol. The average molecular weight is 881 g/mol. The van der Waals surface area contributed by atoms with Crippen LogP contribution in [0.1, 0.15) is 56.2 Å². The van der Waals surface area contributed by atoms with E-state index in [1.165, 1.54) is 14.2 Å². The first kappa shape index (κ1) is 40.8. The van der Waals surface area contributed by atoms with Gasteiger partial charge in [0.15, 0.2) is 43.4 Å². The van der Waals surface area contributed by atoms with Crippen LogP contribution < -0.4 is 22.1 Å². The molecule has 0 saturated carbocycles. The van der Waals surface area contributed by atoms with Crippen molar-refractivity contribution in [2.24, 2.45) is 0 Å². The summed E-state index contributed by atoms with van der Waals surface area (Å²) in [6.45, 7) is 6.32. The van der Waals surface area contributed by atoms with Crippen LogP contribution in [0.15, 0.2) is 58.0 Å². The number of anilines is 4. The number of rotatable bonds is 15. The predicted molar refractivity (Wildman–Crippen MR) is 220 cm³/mol. The van der Waals surface area contributed by atoms with E-state index >= 15 is 0 Å². The van der Waals surface area contributed by atoms with Gasteiger partial charge in [-0.1, -0.05) is 63.1 Å². The quantitative estimate of drug-likeness (QED) is 0.0511. The van der Waals surface area contributed by atoms with Crippen LogP contribution in [0.2, 0.25) is 0 Å². The van der Waals surface area contributed by atoms with Gasteiger partial charge < -0.3 is 31.6 Å². The molecule has 4 aromatic heterocycles. The first-order valence-corrected chi connectivity index (χ1v) is 19.3. The molecule has 2 aromatic carbocycles. The molecule has 0 atom stereocenters. The molecule has 0 spiro atoms. The maximum absolute atomic E-state index is 11.6. The molecule has 55 heavy (non-hydrogen) atoms. The van der Waals surface area contributed by atoms with E-state index in [1.807, 2.05) is 57.7 Å². The second kappa shape index (κ2) is 19.3. The summed E-state index contributed by atoms with van der Waals surface area (Å²) in [5.41, 5.74) is 18.0. The van der Waals surface area contributed by atoms with Crippen molar-refractivity contribution in [2.75, 3.05) is 49.4 Å². The number of benzene rings is 2. The van der Waals surface area contributed by atoms with Gasteiger partial charge in [-0.3, -0.25) is 18.7 Å². The number of esters is 2. The van der Waals surface area contributed by atoms with Crippen LogP contribution in [0.3, 0.4) is 0 Å². The lowest BCUT2D eigenvalue weighted by Crippen LogP contribution is -2.09. The standard InChI is InChI=1S/C19H23BrN6O2.C18H21BrN6O2/c1-3-4-8-22-19-24-16(21)15-17(25-19)26(18(20)23-15)11-13-7-5-6-12(9-13)10-14(27)28-2;1-3-4-8-21-18-23-15(20)14-16(24-18)25(17(19)22-14)12-7-5-6-11(9-12)10-13(26)27-2/h5-7,9H,3-4,8,10-11H2,1-2H3,(H3,21,22,24,25);5-7,9H,3-4,8,10H2,1-2H3,(H3,20,21,23,24). The maximum Gasteiger partial charge on any atom is 0.309 e. The van der Waals surface area contributed by atoms with Gasteiger partial charge in [0, 0.05) is 18.8 Å². The second-order valence-corrected chi connectivity index (χ2v) is 13.9. The number of unbranched alkanes of at least 4 members (excludes halogenated alkanes) is 2. The second-order valence-electron chi connectivity index (χ2n) is 12.4. The number of carbonyl (C=O) groups excluding carboxylic acids is 2. The van der Waals surface area contributed by atoms with Crippen LogP contribution in [-0.2, 0) is 38.4 Å². The summed E-state index contributed by atoms with van der Waals surface area (Å²) in [6.07, 6.45) is 4.61. The van der Waals surface area contributed by atoms with E-state index in [9.17, 15) is 9.59 Å². The third-order valence-electron chi connectivity index (χ3n) is 8.35. The normalized spacial score (nSPS) is 10.9. The Morgan fingerprint density at radius 3 is 1.78 bits per heavy atom. The van der Waals surface area contributed by atoms with Gasteiger partial charge in [0.05, 0.1) is 33.6 Å². The number of ether oxygens (including phenoxy) is 2. The Hall–Kier alpha value is -5.36. The first-order valence-electron chi connectivity index (χ1n) is 17.7. The molecule has 6 aromatic rings. The van der Waals surface area contributed by atoms with Crippen LogP contribution in [0.4, 0.5) is 23.5 Å². The molecular formula is C37H44Br2N12O4. The lowest BCUT2D eigenvalue weighted by atomic mass is 10.1. The van der Waals surface area contributed by atoms with Crippen LogP contribution in [0.5, 0.6) is 0 Å². The van der Waals surface area contributed by atoms with E-state index < -0.39 is 0 Å². The van der Waals surface area contributed by atoms with Crippen molar-refractivity contribution in [1.82, 2.24) is 39.0 Å². The fourth-order valence-electron chi connectivity index (χ4n) is 5.53. The lowest BCUT2D eigenvalue weighted by Gasteiger charge is -2.09. The Bertz CT molecular complexity index is 2280. The molecule has 6 N–H and O–H groups in total. The molecule has 0 aliphatic carbocycles. The molecule has 4 heterocycles. The molecule has 16 nitrogen and oxygen atoms in total. The molecular weight excluding hydrogens is 836 g/mol. The number of nitrogens with two attached hydrogens (primary N) is 2. The molecule has 0 unspecified atom stereocenters. The minimum absolute atomic E-state index is 0.190. The number of hydrogen-bond acceptors (Lipinski definition) is 14. The molecule has 0 aliphatic rings. The number of hydrogen-bond donors (Lipinski definition) is 4. The summed E-state index contributed by atoms with van der Waals surface area (Å²) < 4.78 is 14.4. The topological polar surface area (TPSA) is 216 Å². The van der Waals surface area contributed by atoms with Gasteiger partial charge in [0.1, 0.15) is 0 Å². The Balaban J connectivity index is 0.000000211. The van der Waals surface area contributed by atoms with Crippen molar-refractivity contribution >= 4 is 89.7 Å². The molecule has 0 amide bonds. The third-order valence-corrected chi connectivity index (χ3v) is 9.49. The first-order chi connectivity index (χ1) is 26.5. The van der Waals surface area contributed by atoms with Gasteiger partial charge in [0.25, 0.3) is 0 Å². The third kappa shape index (κ3) is 10.4. The van der Waals surface area contributed by atoms with Gasteiger partial charge >= 0.3 is 11.9 Å². The largest absolute Gasteiger partial charge is 0.469 e. The number of fused-ring (bicyclic) bond motifs is 2. The highest BCUT2D eigenvalue weighted by Gasteiger charge is 2.18.